The number of rotatable bonds is 5. The Hall–Kier alpha value is -2.08. The summed E-state index contributed by atoms with van der Waals surface area (Å²) in [7, 11) is 1.60. The van der Waals surface area contributed by atoms with Crippen LogP contribution in [0.5, 0.6) is 0 Å². The second-order valence-corrected chi connectivity index (χ2v) is 4.29. The zero-order valence-corrected chi connectivity index (χ0v) is 10.7. The van der Waals surface area contributed by atoms with Gasteiger partial charge in [0.25, 0.3) is 0 Å². The normalized spacial score (nSPS) is 19.4. The van der Waals surface area contributed by atoms with E-state index in [1.807, 2.05) is 30.3 Å². The van der Waals surface area contributed by atoms with E-state index in [1.165, 1.54) is 0 Å². The van der Waals surface area contributed by atoms with Crippen LogP contribution in [-0.2, 0) is 9.53 Å². The lowest BCUT2D eigenvalue weighted by Gasteiger charge is -2.17. The Kier molecular flexibility index (Phi) is 4.35. The standard InChI is InChI=1S/C13H17N3O3/c1-19-11(9-5-3-2-4-6-9)8-14-12(17)10-7-15-13(18)16-10/h2-6,10-11H,7-8H2,1H3,(H,14,17)(H2,15,16,18). The Morgan fingerprint density at radius 2 is 2.21 bits per heavy atom. The zero-order valence-electron chi connectivity index (χ0n) is 10.7. The van der Waals surface area contributed by atoms with E-state index in [2.05, 4.69) is 16.0 Å². The average molecular weight is 263 g/mol. The zero-order chi connectivity index (χ0) is 13.7. The highest BCUT2D eigenvalue weighted by molar-refractivity contribution is 5.90. The summed E-state index contributed by atoms with van der Waals surface area (Å²) in [6.07, 6.45) is -0.199. The summed E-state index contributed by atoms with van der Waals surface area (Å²) in [6.45, 7) is 0.680. The van der Waals surface area contributed by atoms with Crippen molar-refractivity contribution in [3.05, 3.63) is 35.9 Å². The minimum absolute atomic E-state index is 0.199. The quantitative estimate of drug-likeness (QED) is 0.708. The molecule has 2 atom stereocenters. The third-order valence-corrected chi connectivity index (χ3v) is 3.01. The van der Waals surface area contributed by atoms with E-state index < -0.39 is 6.04 Å². The van der Waals surface area contributed by atoms with Crippen LogP contribution >= 0.6 is 0 Å². The summed E-state index contributed by atoms with van der Waals surface area (Å²) in [6, 6.07) is 8.83. The third kappa shape index (κ3) is 3.45. The van der Waals surface area contributed by atoms with Gasteiger partial charge in [-0.05, 0) is 5.56 Å². The number of ether oxygens (including phenoxy) is 1. The van der Waals surface area contributed by atoms with Crippen LogP contribution in [0.4, 0.5) is 4.79 Å². The number of amides is 3. The molecule has 2 rings (SSSR count). The van der Waals surface area contributed by atoms with Gasteiger partial charge in [-0.3, -0.25) is 4.79 Å². The highest BCUT2D eigenvalue weighted by Gasteiger charge is 2.26. The predicted octanol–water partition coefficient (Wildman–Crippen LogP) is 0.172. The van der Waals surface area contributed by atoms with E-state index in [0.717, 1.165) is 5.56 Å². The number of methoxy groups -OCH3 is 1. The molecule has 0 bridgehead atoms. The van der Waals surface area contributed by atoms with Crippen molar-refractivity contribution >= 4 is 11.9 Å². The van der Waals surface area contributed by atoms with Crippen molar-refractivity contribution in [2.45, 2.75) is 12.1 Å². The van der Waals surface area contributed by atoms with Gasteiger partial charge in [-0.1, -0.05) is 30.3 Å². The molecule has 3 N–H and O–H groups in total. The average Bonchev–Trinajstić information content (AvgIpc) is 2.87. The minimum Gasteiger partial charge on any atom is -0.375 e. The second kappa shape index (κ2) is 6.19. The first-order valence-electron chi connectivity index (χ1n) is 6.10. The van der Waals surface area contributed by atoms with Crippen LogP contribution in [0.3, 0.4) is 0 Å². The molecule has 0 aliphatic carbocycles. The van der Waals surface area contributed by atoms with Gasteiger partial charge in [-0.15, -0.1) is 0 Å². The van der Waals surface area contributed by atoms with Gasteiger partial charge in [0.2, 0.25) is 5.91 Å². The molecule has 3 amide bonds. The maximum absolute atomic E-state index is 11.8. The fourth-order valence-corrected chi connectivity index (χ4v) is 1.93. The van der Waals surface area contributed by atoms with E-state index in [4.69, 9.17) is 4.74 Å². The molecule has 1 fully saturated rings. The van der Waals surface area contributed by atoms with E-state index in [0.29, 0.717) is 13.1 Å². The molecular formula is C13H17N3O3. The molecule has 0 radical (unpaired) electrons. The van der Waals surface area contributed by atoms with E-state index in [9.17, 15) is 9.59 Å². The maximum Gasteiger partial charge on any atom is 0.315 e. The summed E-state index contributed by atoms with van der Waals surface area (Å²) in [5.74, 6) is -0.212. The summed E-state index contributed by atoms with van der Waals surface area (Å²) in [5.41, 5.74) is 0.999. The third-order valence-electron chi connectivity index (χ3n) is 3.01. The number of carbonyl (C=O) groups excluding carboxylic acids is 2. The van der Waals surface area contributed by atoms with Crippen molar-refractivity contribution in [1.82, 2.24) is 16.0 Å². The van der Waals surface area contributed by atoms with Crippen LogP contribution in [0.15, 0.2) is 30.3 Å². The highest BCUT2D eigenvalue weighted by atomic mass is 16.5. The molecule has 1 aliphatic heterocycles. The number of carbonyl (C=O) groups is 2. The summed E-state index contributed by atoms with van der Waals surface area (Å²) in [5, 5.41) is 7.85. The molecule has 1 aliphatic rings. The van der Waals surface area contributed by atoms with E-state index in [1.54, 1.807) is 7.11 Å². The van der Waals surface area contributed by atoms with Crippen LogP contribution in [0.25, 0.3) is 0 Å². The molecule has 19 heavy (non-hydrogen) atoms. The van der Waals surface area contributed by atoms with Gasteiger partial charge in [0.05, 0.1) is 6.10 Å². The van der Waals surface area contributed by atoms with Crippen molar-refractivity contribution < 1.29 is 14.3 Å². The first-order valence-corrected chi connectivity index (χ1v) is 6.10. The van der Waals surface area contributed by atoms with Gasteiger partial charge in [0, 0.05) is 20.2 Å². The van der Waals surface area contributed by atoms with Gasteiger partial charge in [0.15, 0.2) is 0 Å². The van der Waals surface area contributed by atoms with Gasteiger partial charge in [0.1, 0.15) is 6.04 Å². The largest absolute Gasteiger partial charge is 0.375 e. The fraction of sp³-hybridized carbons (Fsp3) is 0.385. The minimum atomic E-state index is -0.513. The summed E-state index contributed by atoms with van der Waals surface area (Å²) in [4.78, 5) is 22.8. The van der Waals surface area contributed by atoms with E-state index in [-0.39, 0.29) is 18.0 Å². The Bertz CT molecular complexity index is 450. The van der Waals surface area contributed by atoms with Crippen LogP contribution in [0.2, 0.25) is 0 Å². The van der Waals surface area contributed by atoms with Gasteiger partial charge >= 0.3 is 6.03 Å². The lowest BCUT2D eigenvalue weighted by Crippen LogP contribution is -2.44. The van der Waals surface area contributed by atoms with Crippen molar-refractivity contribution in [3.8, 4) is 0 Å². The maximum atomic E-state index is 11.8. The number of nitrogens with one attached hydrogen (secondary N) is 3. The molecule has 1 aromatic rings. The van der Waals surface area contributed by atoms with Crippen molar-refractivity contribution in [2.24, 2.45) is 0 Å². The summed E-state index contributed by atoms with van der Waals surface area (Å²) < 4.78 is 5.35. The number of urea groups is 1. The molecule has 0 aromatic heterocycles. The topological polar surface area (TPSA) is 79.5 Å². The molecule has 1 heterocycles. The fourth-order valence-electron chi connectivity index (χ4n) is 1.93. The van der Waals surface area contributed by atoms with Crippen LogP contribution in [0, 0.1) is 0 Å². The van der Waals surface area contributed by atoms with Crippen molar-refractivity contribution in [2.75, 3.05) is 20.2 Å². The van der Waals surface area contributed by atoms with Crippen LogP contribution in [0.1, 0.15) is 11.7 Å². The first-order chi connectivity index (χ1) is 9.20. The smallest absolute Gasteiger partial charge is 0.315 e. The molecular weight excluding hydrogens is 246 g/mol. The first kappa shape index (κ1) is 13.4. The number of hydrogen-bond acceptors (Lipinski definition) is 3. The molecule has 102 valence electrons. The number of benzene rings is 1. The molecule has 1 saturated heterocycles. The van der Waals surface area contributed by atoms with Crippen LogP contribution < -0.4 is 16.0 Å². The predicted molar refractivity (Wildman–Crippen MR) is 69.5 cm³/mol. The lowest BCUT2D eigenvalue weighted by atomic mass is 10.1. The molecule has 6 nitrogen and oxygen atoms in total. The van der Waals surface area contributed by atoms with Crippen molar-refractivity contribution in [1.29, 1.82) is 0 Å². The SMILES string of the molecule is COC(CNC(=O)C1CNC(=O)N1)c1ccccc1. The van der Waals surface area contributed by atoms with Gasteiger partial charge in [-0.2, -0.15) is 0 Å². The van der Waals surface area contributed by atoms with Gasteiger partial charge < -0.3 is 20.7 Å². The van der Waals surface area contributed by atoms with E-state index >= 15 is 0 Å². The Balaban J connectivity index is 1.86. The molecule has 2 unspecified atom stereocenters. The molecule has 0 spiro atoms. The van der Waals surface area contributed by atoms with Crippen LogP contribution in [-0.4, -0.2) is 38.2 Å². The number of hydrogen-bond donors (Lipinski definition) is 3. The highest BCUT2D eigenvalue weighted by Crippen LogP contribution is 2.14. The molecule has 0 saturated carbocycles. The van der Waals surface area contributed by atoms with Crippen molar-refractivity contribution in [3.63, 3.8) is 0 Å². The monoisotopic (exact) mass is 263 g/mol. The Labute approximate surface area is 111 Å². The van der Waals surface area contributed by atoms with Gasteiger partial charge in [-0.25, -0.2) is 4.79 Å². The summed E-state index contributed by atoms with van der Waals surface area (Å²) >= 11 is 0. The Morgan fingerprint density at radius 1 is 1.47 bits per heavy atom. The molecule has 6 heteroatoms. The second-order valence-electron chi connectivity index (χ2n) is 4.29. The lowest BCUT2D eigenvalue weighted by molar-refractivity contribution is -0.123. The Morgan fingerprint density at radius 3 is 2.79 bits per heavy atom. The molecule has 1 aromatic carbocycles.